The summed E-state index contributed by atoms with van der Waals surface area (Å²) in [5.74, 6) is 0. The van der Waals surface area contributed by atoms with Gasteiger partial charge in [-0.1, -0.05) is 0 Å². The quantitative estimate of drug-likeness (QED) is 0.721. The molecule has 0 aliphatic rings. The molecule has 2 heterocycles. The van der Waals surface area contributed by atoms with Crippen molar-refractivity contribution < 1.29 is 0 Å². The summed E-state index contributed by atoms with van der Waals surface area (Å²) in [7, 11) is 3.14. The zero-order valence-electron chi connectivity index (χ0n) is 7.57. The molecule has 0 N–H and O–H groups in total. The monoisotopic (exact) mass is 274 g/mol. The molecular weight excluding hydrogens is 268 g/mol. The maximum Gasteiger partial charge on any atom is 0.331 e. The van der Waals surface area contributed by atoms with E-state index in [1.807, 2.05) is 0 Å². The first-order chi connectivity index (χ1) is 6.52. The Morgan fingerprint density at radius 3 is 2.57 bits per heavy atom. The number of aromatic nitrogens is 2. The van der Waals surface area contributed by atoms with Gasteiger partial charge in [-0.15, -0.1) is 11.3 Å². The molecule has 0 radical (unpaired) electrons. The minimum absolute atomic E-state index is 0.245. The Bertz CT molecular complexity index is 623. The number of nitrogens with zero attached hydrogens (tertiary/aromatic N) is 2. The summed E-state index contributed by atoms with van der Waals surface area (Å²) in [4.78, 5) is 23.9. The van der Waals surface area contributed by atoms with E-state index in [9.17, 15) is 9.59 Å². The van der Waals surface area contributed by atoms with Crippen LogP contribution >= 0.6 is 27.3 Å². The van der Waals surface area contributed by atoms with Crippen LogP contribution in [0, 0.1) is 0 Å². The van der Waals surface area contributed by atoms with E-state index in [0.717, 1.165) is 8.35 Å². The van der Waals surface area contributed by atoms with Crippen LogP contribution in [-0.2, 0) is 14.1 Å². The van der Waals surface area contributed by atoms with Gasteiger partial charge >= 0.3 is 5.69 Å². The summed E-state index contributed by atoms with van der Waals surface area (Å²) in [5.41, 5.74) is -0.540. The van der Waals surface area contributed by atoms with Crippen LogP contribution in [0.1, 0.15) is 0 Å². The highest BCUT2D eigenvalue weighted by Crippen LogP contribution is 2.25. The Kier molecular flexibility index (Phi) is 2.11. The molecule has 0 bridgehead atoms. The topological polar surface area (TPSA) is 44.0 Å². The summed E-state index contributed by atoms with van der Waals surface area (Å²) in [6.07, 6.45) is 0. The molecule has 4 nitrogen and oxygen atoms in total. The Morgan fingerprint density at radius 1 is 1.29 bits per heavy atom. The second kappa shape index (κ2) is 3.06. The van der Waals surface area contributed by atoms with Crippen molar-refractivity contribution in [2.45, 2.75) is 0 Å². The highest BCUT2D eigenvalue weighted by molar-refractivity contribution is 9.11. The van der Waals surface area contributed by atoms with Gasteiger partial charge in [0.15, 0.2) is 0 Å². The predicted molar refractivity (Wildman–Crippen MR) is 60.0 cm³/mol. The molecule has 2 aromatic heterocycles. The van der Waals surface area contributed by atoms with E-state index in [4.69, 9.17) is 0 Å². The lowest BCUT2D eigenvalue weighted by atomic mass is 10.4. The largest absolute Gasteiger partial charge is 0.331 e. The van der Waals surface area contributed by atoms with E-state index in [1.165, 1.54) is 23.0 Å². The average Bonchev–Trinajstić information content (AvgIpc) is 2.54. The van der Waals surface area contributed by atoms with Crippen LogP contribution in [0.4, 0.5) is 0 Å². The molecule has 0 aromatic carbocycles. The predicted octanol–water partition coefficient (Wildman–Crippen LogP) is 1.06. The van der Waals surface area contributed by atoms with E-state index < -0.39 is 0 Å². The number of halogens is 1. The van der Waals surface area contributed by atoms with E-state index in [-0.39, 0.29) is 11.2 Å². The Balaban J connectivity index is 3.17. The maximum atomic E-state index is 11.7. The van der Waals surface area contributed by atoms with Crippen molar-refractivity contribution in [3.8, 4) is 0 Å². The summed E-state index contributed by atoms with van der Waals surface area (Å²) < 4.78 is 3.44. The van der Waals surface area contributed by atoms with Crippen molar-refractivity contribution in [1.82, 2.24) is 9.13 Å². The lowest BCUT2D eigenvalue weighted by Gasteiger charge is -2.01. The van der Waals surface area contributed by atoms with Gasteiger partial charge < -0.3 is 0 Å². The molecule has 0 aliphatic heterocycles. The molecule has 0 saturated carbocycles. The van der Waals surface area contributed by atoms with Crippen LogP contribution in [-0.4, -0.2) is 9.13 Å². The maximum absolute atomic E-state index is 11.7. The number of fused-ring (bicyclic) bond motifs is 1. The van der Waals surface area contributed by atoms with Crippen LogP contribution in [0.2, 0.25) is 0 Å². The van der Waals surface area contributed by atoms with Crippen molar-refractivity contribution in [2.24, 2.45) is 14.1 Å². The standard InChI is InChI=1S/C8H7BrN2O2S/c1-10-6(12)4-3-5(9)14-7(4)11(2)8(10)13/h3H,1-2H3. The zero-order chi connectivity index (χ0) is 10.5. The fourth-order valence-corrected chi connectivity index (χ4v) is 2.86. The van der Waals surface area contributed by atoms with Crippen LogP contribution in [0.5, 0.6) is 0 Å². The summed E-state index contributed by atoms with van der Waals surface area (Å²) in [6, 6.07) is 1.74. The van der Waals surface area contributed by atoms with Gasteiger partial charge in [-0.2, -0.15) is 0 Å². The van der Waals surface area contributed by atoms with Crippen LogP contribution < -0.4 is 11.2 Å². The van der Waals surface area contributed by atoms with Crippen LogP contribution in [0.3, 0.4) is 0 Å². The minimum Gasteiger partial charge on any atom is -0.287 e. The Hall–Kier alpha value is -0.880. The highest BCUT2D eigenvalue weighted by atomic mass is 79.9. The molecule has 2 rings (SSSR count). The Morgan fingerprint density at radius 2 is 1.93 bits per heavy atom. The minimum atomic E-state index is -0.295. The van der Waals surface area contributed by atoms with E-state index in [0.29, 0.717) is 10.2 Å². The molecule has 0 aliphatic carbocycles. The molecule has 0 atom stereocenters. The van der Waals surface area contributed by atoms with Gasteiger partial charge in [-0.3, -0.25) is 13.9 Å². The molecule has 74 valence electrons. The molecule has 0 unspecified atom stereocenters. The molecule has 0 amide bonds. The fourth-order valence-electron chi connectivity index (χ4n) is 1.33. The normalized spacial score (nSPS) is 11.1. The van der Waals surface area contributed by atoms with Gasteiger partial charge in [0.1, 0.15) is 4.83 Å². The van der Waals surface area contributed by atoms with E-state index >= 15 is 0 Å². The van der Waals surface area contributed by atoms with Crippen molar-refractivity contribution in [3.63, 3.8) is 0 Å². The van der Waals surface area contributed by atoms with E-state index in [1.54, 1.807) is 13.1 Å². The number of aryl methyl sites for hydroxylation is 1. The lowest BCUT2D eigenvalue weighted by molar-refractivity contribution is 0.717. The van der Waals surface area contributed by atoms with Gasteiger partial charge in [0.2, 0.25) is 0 Å². The molecule has 0 fully saturated rings. The van der Waals surface area contributed by atoms with Crippen molar-refractivity contribution in [3.05, 3.63) is 30.7 Å². The molecular formula is C8H7BrN2O2S. The second-order valence-electron chi connectivity index (χ2n) is 2.98. The number of hydrogen-bond acceptors (Lipinski definition) is 3. The van der Waals surface area contributed by atoms with Gasteiger partial charge in [-0.05, 0) is 22.0 Å². The number of thiophene rings is 1. The Labute approximate surface area is 91.5 Å². The summed E-state index contributed by atoms with van der Waals surface area (Å²) in [6.45, 7) is 0. The first kappa shape index (κ1) is 9.67. The first-order valence-corrected chi connectivity index (χ1v) is 5.48. The molecule has 0 spiro atoms. The van der Waals surface area contributed by atoms with Gasteiger partial charge in [0.25, 0.3) is 5.56 Å². The fraction of sp³-hybridized carbons (Fsp3) is 0.250. The molecule has 14 heavy (non-hydrogen) atoms. The molecule has 2 aromatic rings. The lowest BCUT2D eigenvalue weighted by Crippen LogP contribution is -2.36. The third kappa shape index (κ3) is 1.18. The average molecular weight is 275 g/mol. The number of hydrogen-bond donors (Lipinski definition) is 0. The summed E-state index contributed by atoms with van der Waals surface area (Å²) in [5, 5.41) is 0.575. The third-order valence-electron chi connectivity index (χ3n) is 2.10. The van der Waals surface area contributed by atoms with Gasteiger partial charge in [-0.25, -0.2) is 4.79 Å². The van der Waals surface area contributed by atoms with Crippen molar-refractivity contribution >= 4 is 37.5 Å². The van der Waals surface area contributed by atoms with Crippen LogP contribution in [0.25, 0.3) is 10.2 Å². The van der Waals surface area contributed by atoms with Crippen molar-refractivity contribution in [1.29, 1.82) is 0 Å². The van der Waals surface area contributed by atoms with E-state index in [2.05, 4.69) is 15.9 Å². The van der Waals surface area contributed by atoms with Gasteiger partial charge in [0.05, 0.1) is 9.17 Å². The SMILES string of the molecule is Cn1c(=O)c2cc(Br)sc2n(C)c1=O. The summed E-state index contributed by atoms with van der Waals surface area (Å²) >= 11 is 4.68. The third-order valence-corrected chi connectivity index (χ3v) is 3.81. The van der Waals surface area contributed by atoms with Gasteiger partial charge in [0, 0.05) is 14.1 Å². The first-order valence-electron chi connectivity index (χ1n) is 3.87. The molecule has 6 heteroatoms. The smallest absolute Gasteiger partial charge is 0.287 e. The second-order valence-corrected chi connectivity index (χ2v) is 5.38. The highest BCUT2D eigenvalue weighted by Gasteiger charge is 2.10. The number of rotatable bonds is 0. The zero-order valence-corrected chi connectivity index (χ0v) is 9.98. The van der Waals surface area contributed by atoms with Crippen LogP contribution in [0.15, 0.2) is 19.4 Å². The van der Waals surface area contributed by atoms with Crippen molar-refractivity contribution in [2.75, 3.05) is 0 Å². The molecule has 0 saturated heterocycles.